The molecule has 0 aliphatic heterocycles. The first-order valence-corrected chi connectivity index (χ1v) is 5.73. The van der Waals surface area contributed by atoms with Gasteiger partial charge in [0.1, 0.15) is 0 Å². The third-order valence-corrected chi connectivity index (χ3v) is 3.34. The fourth-order valence-electron chi connectivity index (χ4n) is 0.719. The Morgan fingerprint density at radius 2 is 2.23 bits per heavy atom. The van der Waals surface area contributed by atoms with Gasteiger partial charge in [0.15, 0.2) is 0 Å². The average molecular weight is 203 g/mol. The van der Waals surface area contributed by atoms with Crippen molar-refractivity contribution in [2.24, 2.45) is 0 Å². The zero-order valence-electron chi connectivity index (χ0n) is 8.04. The summed E-state index contributed by atoms with van der Waals surface area (Å²) in [4.78, 5) is 10.6. The largest absolute Gasteiger partial charge is 0.463 e. The van der Waals surface area contributed by atoms with Crippen molar-refractivity contribution in [3.63, 3.8) is 0 Å². The second-order valence-electron chi connectivity index (χ2n) is 2.30. The lowest BCUT2D eigenvalue weighted by atomic mass is 10.6. The molecule has 0 heterocycles. The number of esters is 1. The van der Waals surface area contributed by atoms with Crippen molar-refractivity contribution in [3.05, 3.63) is 12.7 Å². The molecule has 0 N–H and O–H groups in total. The van der Waals surface area contributed by atoms with Crippen LogP contribution in [0, 0.1) is 0 Å². The monoisotopic (exact) mass is 203 g/mol. The van der Waals surface area contributed by atoms with Gasteiger partial charge in [0.05, 0.1) is 12.8 Å². The average Bonchev–Trinajstić information content (AvgIpc) is 2.16. The molecule has 5 heteroatoms. The first kappa shape index (κ1) is 12.3. The summed E-state index contributed by atoms with van der Waals surface area (Å²) in [6.07, 6.45) is 1.75. The minimum atomic E-state index is -0.972. The summed E-state index contributed by atoms with van der Waals surface area (Å²) >= 11 is 0. The highest BCUT2D eigenvalue weighted by molar-refractivity contribution is 6.51. The van der Waals surface area contributed by atoms with E-state index < -0.39 is 15.0 Å². The first-order chi connectivity index (χ1) is 6.24. The van der Waals surface area contributed by atoms with E-state index in [9.17, 15) is 4.79 Å². The molecular weight excluding hydrogens is 188 g/mol. The molecule has 0 unspecified atom stereocenters. The maximum atomic E-state index is 10.6. The maximum Gasteiger partial charge on any atom is 0.330 e. The Hall–Kier alpha value is -0.653. The van der Waals surface area contributed by atoms with Gasteiger partial charge in [0.2, 0.25) is 9.04 Å². The quantitative estimate of drug-likeness (QED) is 0.344. The van der Waals surface area contributed by atoms with Gasteiger partial charge in [-0.1, -0.05) is 6.58 Å². The lowest BCUT2D eigenvalue weighted by Crippen LogP contribution is -2.25. The molecule has 13 heavy (non-hydrogen) atoms. The third-order valence-electron chi connectivity index (χ3n) is 1.39. The molecule has 0 aliphatic carbocycles. The van der Waals surface area contributed by atoms with E-state index in [4.69, 9.17) is 13.9 Å². The van der Waals surface area contributed by atoms with Crippen LogP contribution in [0.2, 0.25) is 6.04 Å². The summed E-state index contributed by atoms with van der Waals surface area (Å²) in [5, 5.41) is 0. The fourth-order valence-corrected chi connectivity index (χ4v) is 1.84. The minimum absolute atomic E-state index is 0.371. The van der Waals surface area contributed by atoms with Crippen LogP contribution >= 0.6 is 0 Å². The summed E-state index contributed by atoms with van der Waals surface area (Å²) < 4.78 is 14.9. The Kier molecular flexibility index (Phi) is 7.57. The summed E-state index contributed by atoms with van der Waals surface area (Å²) in [6, 6.07) is 0.731. The molecule has 0 aromatic rings. The summed E-state index contributed by atoms with van der Waals surface area (Å²) in [6.45, 7) is 3.66. The molecule has 0 aromatic carbocycles. The highest BCUT2D eigenvalue weighted by atomic mass is 28.3. The predicted octanol–water partition coefficient (Wildman–Crippen LogP) is 0.539. The number of rotatable bonds is 7. The van der Waals surface area contributed by atoms with Crippen molar-refractivity contribution in [2.75, 3.05) is 27.1 Å². The number of hydrogen-bond donors (Lipinski definition) is 0. The van der Waals surface area contributed by atoms with Crippen molar-refractivity contribution < 1.29 is 18.7 Å². The molecule has 75 valence electrons. The fraction of sp³-hybridized carbons (Fsp3) is 0.625. The van der Waals surface area contributed by atoms with Gasteiger partial charge in [-0.15, -0.1) is 0 Å². The molecule has 0 fully saturated rings. The normalized spacial score (nSPS) is 10.1. The van der Waals surface area contributed by atoms with Crippen molar-refractivity contribution in [1.82, 2.24) is 0 Å². The molecule has 0 saturated heterocycles. The highest BCUT2D eigenvalue weighted by Crippen LogP contribution is 1.95. The number of carbonyl (C=O) groups is 1. The van der Waals surface area contributed by atoms with E-state index in [0.29, 0.717) is 12.8 Å². The molecule has 0 rings (SSSR count). The first-order valence-electron chi connectivity index (χ1n) is 3.91. The van der Waals surface area contributed by atoms with Gasteiger partial charge >= 0.3 is 5.97 Å². The summed E-state index contributed by atoms with van der Waals surface area (Å²) in [7, 11) is 2.29. The van der Waals surface area contributed by atoms with E-state index in [1.165, 1.54) is 0 Å². The van der Waals surface area contributed by atoms with Gasteiger partial charge in [0, 0.05) is 26.3 Å². The van der Waals surface area contributed by atoms with E-state index in [1.807, 2.05) is 0 Å². The van der Waals surface area contributed by atoms with Crippen molar-refractivity contribution in [1.29, 1.82) is 0 Å². The number of hydrogen-bond acceptors (Lipinski definition) is 4. The minimum Gasteiger partial charge on any atom is -0.463 e. The smallest absolute Gasteiger partial charge is 0.330 e. The topological polar surface area (TPSA) is 44.8 Å². The molecule has 1 radical (unpaired) electrons. The molecule has 0 saturated carbocycles. The van der Waals surface area contributed by atoms with Gasteiger partial charge < -0.3 is 13.9 Å². The maximum absolute atomic E-state index is 10.6. The Balaban J connectivity index is 3.48. The molecule has 4 nitrogen and oxygen atoms in total. The van der Waals surface area contributed by atoms with Crippen LogP contribution in [0.1, 0.15) is 0 Å². The van der Waals surface area contributed by atoms with Crippen LogP contribution in [-0.4, -0.2) is 42.1 Å². The SMILES string of the molecule is C=CC(=O)OCC[Si](COC)OC. The van der Waals surface area contributed by atoms with Crippen molar-refractivity contribution in [2.45, 2.75) is 6.04 Å². The van der Waals surface area contributed by atoms with Crippen molar-refractivity contribution >= 4 is 15.0 Å². The second kappa shape index (κ2) is 7.97. The third kappa shape index (κ3) is 6.50. The van der Waals surface area contributed by atoms with Gasteiger partial charge in [-0.05, 0) is 0 Å². The zero-order chi connectivity index (χ0) is 10.1. The van der Waals surface area contributed by atoms with Crippen LogP contribution in [0.4, 0.5) is 0 Å². The Labute approximate surface area is 80.2 Å². The van der Waals surface area contributed by atoms with E-state index in [0.717, 1.165) is 12.1 Å². The Bertz CT molecular complexity index is 160. The molecule has 0 bridgehead atoms. The molecule has 0 aliphatic rings. The number of carbonyl (C=O) groups excluding carboxylic acids is 1. The van der Waals surface area contributed by atoms with Gasteiger partial charge in [-0.25, -0.2) is 4.79 Å². The van der Waals surface area contributed by atoms with Gasteiger partial charge in [0.25, 0.3) is 0 Å². The second-order valence-corrected chi connectivity index (χ2v) is 4.57. The van der Waals surface area contributed by atoms with Crippen LogP contribution in [0.5, 0.6) is 0 Å². The van der Waals surface area contributed by atoms with Gasteiger partial charge in [-0.2, -0.15) is 0 Å². The molecule has 0 atom stereocenters. The van der Waals surface area contributed by atoms with Crippen LogP contribution in [0.25, 0.3) is 0 Å². The van der Waals surface area contributed by atoms with Crippen LogP contribution in [0.15, 0.2) is 12.7 Å². The van der Waals surface area contributed by atoms with E-state index >= 15 is 0 Å². The molecule has 0 aromatic heterocycles. The number of ether oxygens (including phenoxy) is 2. The summed E-state index contributed by atoms with van der Waals surface area (Å²) in [5.41, 5.74) is 0. The Morgan fingerprint density at radius 1 is 1.54 bits per heavy atom. The zero-order valence-corrected chi connectivity index (χ0v) is 9.04. The lowest BCUT2D eigenvalue weighted by Gasteiger charge is -2.10. The van der Waals surface area contributed by atoms with E-state index in [-0.39, 0.29) is 0 Å². The van der Waals surface area contributed by atoms with Gasteiger partial charge in [-0.3, -0.25) is 0 Å². The molecular formula is C8H15O4Si. The van der Waals surface area contributed by atoms with Crippen LogP contribution < -0.4 is 0 Å². The van der Waals surface area contributed by atoms with E-state index in [1.54, 1.807) is 14.2 Å². The Morgan fingerprint density at radius 3 is 2.69 bits per heavy atom. The van der Waals surface area contributed by atoms with Crippen molar-refractivity contribution in [3.8, 4) is 0 Å². The van der Waals surface area contributed by atoms with Crippen LogP contribution in [-0.2, 0) is 18.7 Å². The summed E-state index contributed by atoms with van der Waals surface area (Å²) in [5.74, 6) is -0.394. The molecule has 0 spiro atoms. The highest BCUT2D eigenvalue weighted by Gasteiger charge is 2.11. The van der Waals surface area contributed by atoms with Crippen LogP contribution in [0.3, 0.4) is 0 Å². The lowest BCUT2D eigenvalue weighted by molar-refractivity contribution is -0.137. The predicted molar refractivity (Wildman–Crippen MR) is 50.6 cm³/mol. The van der Waals surface area contributed by atoms with E-state index in [2.05, 4.69) is 6.58 Å². The number of methoxy groups -OCH3 is 1. The molecule has 0 amide bonds. The standard InChI is InChI=1S/C8H15O4Si/c1-4-8(9)12-5-6-13(11-3)7-10-2/h4H,1,5-7H2,2-3H3.